The third-order valence-corrected chi connectivity index (χ3v) is 5.03. The quantitative estimate of drug-likeness (QED) is 0.912. The summed E-state index contributed by atoms with van der Waals surface area (Å²) in [5, 5.41) is 13.1. The molecule has 1 aliphatic rings. The molecule has 1 aromatic carbocycles. The number of thiophene rings is 1. The number of ether oxygens (including phenoxy) is 2. The molecule has 106 valence electrons. The highest BCUT2D eigenvalue weighted by Gasteiger charge is 2.20. The summed E-state index contributed by atoms with van der Waals surface area (Å²) < 4.78 is 11.2. The van der Waals surface area contributed by atoms with Gasteiger partial charge in [0, 0.05) is 6.42 Å². The van der Waals surface area contributed by atoms with Crippen LogP contribution in [0.3, 0.4) is 0 Å². The number of aliphatic hydroxyl groups is 1. The van der Waals surface area contributed by atoms with Crippen LogP contribution in [0.1, 0.15) is 28.5 Å². The Morgan fingerprint density at radius 3 is 2.70 bits per heavy atom. The fourth-order valence-corrected chi connectivity index (χ4v) is 3.44. The predicted molar refractivity (Wildman–Crippen MR) is 80.2 cm³/mol. The lowest BCUT2D eigenvalue weighted by Gasteiger charge is -2.13. The van der Waals surface area contributed by atoms with Gasteiger partial charge in [-0.3, -0.25) is 0 Å². The summed E-state index contributed by atoms with van der Waals surface area (Å²) in [6, 6.07) is 5.52. The molecule has 1 atom stereocenters. The van der Waals surface area contributed by atoms with Crippen LogP contribution in [0.2, 0.25) is 5.02 Å². The van der Waals surface area contributed by atoms with Gasteiger partial charge in [-0.25, -0.2) is 0 Å². The predicted octanol–water partition coefficient (Wildman–Crippen LogP) is 3.95. The molecule has 2 aromatic rings. The monoisotopic (exact) mass is 310 g/mol. The Kier molecular flexibility index (Phi) is 3.87. The van der Waals surface area contributed by atoms with Crippen molar-refractivity contribution in [3.63, 3.8) is 0 Å². The van der Waals surface area contributed by atoms with Gasteiger partial charge in [0.15, 0.2) is 11.5 Å². The first-order chi connectivity index (χ1) is 9.66. The molecule has 0 radical (unpaired) electrons. The number of aliphatic hydroxyl groups excluding tert-OH is 1. The zero-order valence-electron chi connectivity index (χ0n) is 11.1. The van der Waals surface area contributed by atoms with E-state index in [1.807, 2.05) is 30.5 Å². The topological polar surface area (TPSA) is 38.7 Å². The van der Waals surface area contributed by atoms with Crippen LogP contribution >= 0.6 is 22.9 Å². The summed E-state index contributed by atoms with van der Waals surface area (Å²) in [4.78, 5) is 0.763. The van der Waals surface area contributed by atoms with Crippen molar-refractivity contribution < 1.29 is 14.6 Å². The molecule has 2 heterocycles. The molecule has 3 rings (SSSR count). The fourth-order valence-electron chi connectivity index (χ4n) is 2.14. The lowest BCUT2D eigenvalue weighted by molar-refractivity contribution is 0.223. The van der Waals surface area contributed by atoms with Crippen molar-refractivity contribution in [1.29, 1.82) is 0 Å². The Morgan fingerprint density at radius 1 is 1.25 bits per heavy atom. The fraction of sp³-hybridized carbons (Fsp3) is 0.333. The largest absolute Gasteiger partial charge is 0.490 e. The third kappa shape index (κ3) is 2.51. The molecule has 0 spiro atoms. The third-order valence-electron chi connectivity index (χ3n) is 3.26. The highest BCUT2D eigenvalue weighted by molar-refractivity contribution is 7.10. The van der Waals surface area contributed by atoms with Crippen molar-refractivity contribution in [1.82, 2.24) is 0 Å². The number of benzene rings is 1. The molecule has 1 N–H and O–H groups in total. The van der Waals surface area contributed by atoms with E-state index >= 15 is 0 Å². The first kappa shape index (κ1) is 13.7. The van der Waals surface area contributed by atoms with E-state index in [0.29, 0.717) is 24.0 Å². The zero-order valence-corrected chi connectivity index (χ0v) is 12.6. The Bertz CT molecular complexity index is 624. The minimum atomic E-state index is -0.738. The summed E-state index contributed by atoms with van der Waals surface area (Å²) in [6.07, 6.45) is 0.126. The highest BCUT2D eigenvalue weighted by atomic mass is 35.5. The first-order valence-electron chi connectivity index (χ1n) is 6.48. The molecule has 0 fully saturated rings. The van der Waals surface area contributed by atoms with E-state index in [2.05, 4.69) is 0 Å². The second-order valence-corrected chi connectivity index (χ2v) is 6.05. The smallest absolute Gasteiger partial charge is 0.161 e. The zero-order chi connectivity index (χ0) is 14.1. The number of hydrogen-bond acceptors (Lipinski definition) is 4. The lowest BCUT2D eigenvalue weighted by atomic mass is 10.1. The Morgan fingerprint density at radius 2 is 2.00 bits per heavy atom. The molecule has 1 unspecified atom stereocenters. The van der Waals surface area contributed by atoms with Gasteiger partial charge < -0.3 is 14.6 Å². The van der Waals surface area contributed by atoms with Crippen LogP contribution < -0.4 is 9.47 Å². The molecule has 1 aromatic heterocycles. The molecule has 3 nitrogen and oxygen atoms in total. The molecule has 5 heteroatoms. The van der Waals surface area contributed by atoms with Crippen molar-refractivity contribution in [3.05, 3.63) is 44.6 Å². The molecular formula is C15H15ClO3S. The van der Waals surface area contributed by atoms with Crippen LogP contribution in [0, 0.1) is 6.92 Å². The second-order valence-electron chi connectivity index (χ2n) is 4.76. The normalized spacial score (nSPS) is 15.8. The number of fused-ring (bicyclic) bond motifs is 1. The molecular weight excluding hydrogens is 296 g/mol. The molecule has 1 aliphatic heterocycles. The standard InChI is InChI=1S/C15H15ClO3S/c1-9-8-20-15(13(9)16)14(17)10-3-4-11-12(7-10)19-6-2-5-18-11/h3-4,7-8,14,17H,2,5-6H2,1H3. The minimum absolute atomic E-state index is 0.630. The van der Waals surface area contributed by atoms with Gasteiger partial charge in [-0.15, -0.1) is 11.3 Å². The van der Waals surface area contributed by atoms with Crippen molar-refractivity contribution >= 4 is 22.9 Å². The van der Waals surface area contributed by atoms with Gasteiger partial charge in [0.1, 0.15) is 6.10 Å². The maximum Gasteiger partial charge on any atom is 0.161 e. The van der Waals surface area contributed by atoms with Gasteiger partial charge in [-0.05, 0) is 35.6 Å². The van der Waals surface area contributed by atoms with Crippen LogP contribution in [0.5, 0.6) is 11.5 Å². The minimum Gasteiger partial charge on any atom is -0.490 e. The van der Waals surface area contributed by atoms with Gasteiger partial charge in [-0.2, -0.15) is 0 Å². The SMILES string of the molecule is Cc1csc(C(O)c2ccc3c(c2)OCCCO3)c1Cl. The Balaban J connectivity index is 1.94. The van der Waals surface area contributed by atoms with Crippen molar-refractivity contribution in [2.75, 3.05) is 13.2 Å². The van der Waals surface area contributed by atoms with Gasteiger partial charge in [0.05, 0.1) is 23.1 Å². The van der Waals surface area contributed by atoms with E-state index in [0.717, 1.165) is 28.2 Å². The van der Waals surface area contributed by atoms with Crippen LogP contribution in [0.25, 0.3) is 0 Å². The molecule has 0 amide bonds. The number of aryl methyl sites for hydroxylation is 1. The van der Waals surface area contributed by atoms with E-state index in [1.54, 1.807) is 0 Å². The van der Waals surface area contributed by atoms with E-state index < -0.39 is 6.10 Å². The second kappa shape index (κ2) is 5.64. The van der Waals surface area contributed by atoms with Crippen LogP contribution in [-0.2, 0) is 0 Å². The van der Waals surface area contributed by atoms with Crippen molar-refractivity contribution in [3.8, 4) is 11.5 Å². The summed E-state index contributed by atoms with van der Waals surface area (Å²) in [6.45, 7) is 3.22. The molecule has 0 saturated heterocycles. The maximum atomic E-state index is 10.5. The summed E-state index contributed by atoms with van der Waals surface area (Å²) in [5.74, 6) is 1.41. The van der Waals surface area contributed by atoms with Crippen LogP contribution in [0.4, 0.5) is 0 Å². The van der Waals surface area contributed by atoms with E-state index in [-0.39, 0.29) is 0 Å². The summed E-state index contributed by atoms with van der Waals surface area (Å²) in [7, 11) is 0. The van der Waals surface area contributed by atoms with E-state index in [9.17, 15) is 5.11 Å². The number of hydrogen-bond donors (Lipinski definition) is 1. The maximum absolute atomic E-state index is 10.5. The van der Waals surface area contributed by atoms with Crippen LogP contribution in [-0.4, -0.2) is 18.3 Å². The summed E-state index contributed by atoms with van der Waals surface area (Å²) >= 11 is 7.68. The van der Waals surface area contributed by atoms with E-state index in [1.165, 1.54) is 11.3 Å². The van der Waals surface area contributed by atoms with Crippen molar-refractivity contribution in [2.24, 2.45) is 0 Å². The van der Waals surface area contributed by atoms with Gasteiger partial charge in [0.25, 0.3) is 0 Å². The van der Waals surface area contributed by atoms with Gasteiger partial charge >= 0.3 is 0 Å². The molecule has 0 bridgehead atoms. The Labute approximate surface area is 126 Å². The Hall–Kier alpha value is -1.23. The van der Waals surface area contributed by atoms with E-state index in [4.69, 9.17) is 21.1 Å². The molecule has 0 saturated carbocycles. The lowest BCUT2D eigenvalue weighted by Crippen LogP contribution is -2.00. The highest BCUT2D eigenvalue weighted by Crippen LogP contribution is 2.38. The molecule has 20 heavy (non-hydrogen) atoms. The molecule has 0 aliphatic carbocycles. The number of rotatable bonds is 2. The van der Waals surface area contributed by atoms with Crippen LogP contribution in [0.15, 0.2) is 23.6 Å². The first-order valence-corrected chi connectivity index (χ1v) is 7.73. The van der Waals surface area contributed by atoms with Gasteiger partial charge in [-0.1, -0.05) is 17.7 Å². The van der Waals surface area contributed by atoms with Crippen molar-refractivity contribution in [2.45, 2.75) is 19.4 Å². The van der Waals surface area contributed by atoms with Gasteiger partial charge in [0.2, 0.25) is 0 Å². The average molecular weight is 311 g/mol. The number of halogens is 1. The average Bonchev–Trinajstić information content (AvgIpc) is 2.68. The summed E-state index contributed by atoms with van der Waals surface area (Å²) in [5.41, 5.74) is 1.75.